The summed E-state index contributed by atoms with van der Waals surface area (Å²) in [5, 5.41) is 4.30. The summed E-state index contributed by atoms with van der Waals surface area (Å²) in [6.07, 6.45) is 3.12. The second-order valence-electron chi connectivity index (χ2n) is 4.02. The van der Waals surface area contributed by atoms with E-state index in [1.807, 2.05) is 11.3 Å². The van der Waals surface area contributed by atoms with Crippen molar-refractivity contribution in [2.75, 3.05) is 0 Å². The molecule has 0 aliphatic carbocycles. The van der Waals surface area contributed by atoms with Crippen molar-refractivity contribution < 1.29 is 0 Å². The molecule has 1 unspecified atom stereocenters. The van der Waals surface area contributed by atoms with Crippen molar-refractivity contribution in [3.8, 4) is 0 Å². The molecular formula is C13H17NS2. The van der Waals surface area contributed by atoms with Gasteiger partial charge in [-0.3, -0.25) is 0 Å². The van der Waals surface area contributed by atoms with Crippen LogP contribution < -0.4 is 5.73 Å². The van der Waals surface area contributed by atoms with E-state index in [2.05, 4.69) is 35.9 Å². The van der Waals surface area contributed by atoms with E-state index in [9.17, 15) is 0 Å². The Bertz CT molecular complexity index is 417. The molecule has 3 heteroatoms. The van der Waals surface area contributed by atoms with Gasteiger partial charge in [-0.05, 0) is 53.8 Å². The summed E-state index contributed by atoms with van der Waals surface area (Å²) < 4.78 is 0. The lowest BCUT2D eigenvalue weighted by Crippen LogP contribution is -2.24. The third kappa shape index (κ3) is 3.17. The maximum absolute atomic E-state index is 6.16. The first kappa shape index (κ1) is 11.8. The Hall–Kier alpha value is -0.640. The molecule has 0 amide bonds. The van der Waals surface area contributed by atoms with Gasteiger partial charge in [0.2, 0.25) is 0 Å². The van der Waals surface area contributed by atoms with E-state index < -0.39 is 0 Å². The quantitative estimate of drug-likeness (QED) is 0.865. The Labute approximate surface area is 105 Å². The summed E-state index contributed by atoms with van der Waals surface area (Å²) in [5.41, 5.74) is 7.52. The van der Waals surface area contributed by atoms with Crippen LogP contribution in [0.25, 0.3) is 0 Å². The van der Waals surface area contributed by atoms with Crippen LogP contribution in [0.3, 0.4) is 0 Å². The summed E-state index contributed by atoms with van der Waals surface area (Å²) in [6.45, 7) is 2.20. The number of hydrogen-bond acceptors (Lipinski definition) is 3. The second-order valence-corrected chi connectivity index (χ2v) is 6.05. The van der Waals surface area contributed by atoms with Crippen molar-refractivity contribution in [2.45, 2.75) is 32.2 Å². The van der Waals surface area contributed by atoms with Crippen LogP contribution in [0.5, 0.6) is 0 Å². The molecule has 0 fully saturated rings. The predicted octanol–water partition coefficient (Wildman–Crippen LogP) is 3.48. The van der Waals surface area contributed by atoms with Crippen LogP contribution in [0.1, 0.15) is 22.2 Å². The minimum absolute atomic E-state index is 0.248. The zero-order valence-electron chi connectivity index (χ0n) is 9.48. The van der Waals surface area contributed by atoms with Crippen molar-refractivity contribution in [1.82, 2.24) is 0 Å². The van der Waals surface area contributed by atoms with E-state index in [0.717, 1.165) is 19.3 Å². The van der Waals surface area contributed by atoms with Crippen LogP contribution >= 0.6 is 22.7 Å². The maximum atomic E-state index is 6.16. The third-order valence-electron chi connectivity index (χ3n) is 2.61. The molecule has 0 aliphatic rings. The van der Waals surface area contributed by atoms with Crippen molar-refractivity contribution in [3.63, 3.8) is 0 Å². The lowest BCUT2D eigenvalue weighted by Gasteiger charge is -2.08. The van der Waals surface area contributed by atoms with E-state index in [1.165, 1.54) is 15.3 Å². The Balaban J connectivity index is 1.89. The Morgan fingerprint density at radius 2 is 2.00 bits per heavy atom. The summed E-state index contributed by atoms with van der Waals surface area (Å²) in [5.74, 6) is 0. The molecule has 0 saturated carbocycles. The topological polar surface area (TPSA) is 26.0 Å². The molecule has 0 spiro atoms. The first-order chi connectivity index (χ1) is 7.78. The smallest absolute Gasteiger partial charge is 0.0128 e. The molecule has 0 saturated heterocycles. The molecular weight excluding hydrogens is 234 g/mol. The molecule has 0 aromatic carbocycles. The van der Waals surface area contributed by atoms with Gasteiger partial charge in [0.05, 0.1) is 0 Å². The molecule has 86 valence electrons. The third-order valence-corrected chi connectivity index (χ3v) is 4.59. The zero-order valence-corrected chi connectivity index (χ0v) is 11.1. The number of rotatable bonds is 5. The van der Waals surface area contributed by atoms with Gasteiger partial charge in [0.1, 0.15) is 0 Å². The molecule has 16 heavy (non-hydrogen) atoms. The highest BCUT2D eigenvalue weighted by molar-refractivity contribution is 7.12. The lowest BCUT2D eigenvalue weighted by molar-refractivity contribution is 0.672. The maximum Gasteiger partial charge on any atom is 0.0128 e. The molecule has 0 aliphatic heterocycles. The predicted molar refractivity (Wildman–Crippen MR) is 73.4 cm³/mol. The summed E-state index contributed by atoms with van der Waals surface area (Å²) >= 11 is 3.64. The van der Waals surface area contributed by atoms with Gasteiger partial charge < -0.3 is 5.73 Å². The van der Waals surface area contributed by atoms with Crippen LogP contribution in [-0.2, 0) is 19.3 Å². The second kappa shape index (κ2) is 5.62. The van der Waals surface area contributed by atoms with Crippen molar-refractivity contribution in [2.24, 2.45) is 5.73 Å². The van der Waals surface area contributed by atoms with Gasteiger partial charge >= 0.3 is 0 Å². The van der Waals surface area contributed by atoms with Gasteiger partial charge in [-0.15, -0.1) is 11.3 Å². The molecule has 2 aromatic heterocycles. The Morgan fingerprint density at radius 1 is 1.19 bits per heavy atom. The van der Waals surface area contributed by atoms with Crippen LogP contribution in [0, 0.1) is 0 Å². The molecule has 1 nitrogen and oxygen atoms in total. The number of thiophene rings is 2. The van der Waals surface area contributed by atoms with Crippen LogP contribution in [0.4, 0.5) is 0 Å². The normalized spacial score (nSPS) is 12.9. The first-order valence-corrected chi connectivity index (χ1v) is 7.38. The van der Waals surface area contributed by atoms with E-state index in [0.29, 0.717) is 0 Å². The molecule has 2 rings (SSSR count). The van der Waals surface area contributed by atoms with Crippen LogP contribution in [0.2, 0.25) is 0 Å². The number of nitrogens with two attached hydrogens (primary N) is 1. The summed E-state index contributed by atoms with van der Waals surface area (Å²) in [7, 11) is 0. The lowest BCUT2D eigenvalue weighted by atomic mass is 10.1. The van der Waals surface area contributed by atoms with E-state index in [-0.39, 0.29) is 6.04 Å². The van der Waals surface area contributed by atoms with Gasteiger partial charge in [-0.2, -0.15) is 11.3 Å². The fraction of sp³-hybridized carbons (Fsp3) is 0.385. The molecule has 1 atom stereocenters. The van der Waals surface area contributed by atoms with Crippen molar-refractivity contribution in [3.05, 3.63) is 44.3 Å². The van der Waals surface area contributed by atoms with Gasteiger partial charge in [0.25, 0.3) is 0 Å². The average Bonchev–Trinajstić information content (AvgIpc) is 2.89. The highest BCUT2D eigenvalue weighted by atomic mass is 32.1. The van der Waals surface area contributed by atoms with E-state index >= 15 is 0 Å². The van der Waals surface area contributed by atoms with Gasteiger partial charge in [0, 0.05) is 15.8 Å². The van der Waals surface area contributed by atoms with Crippen LogP contribution in [0.15, 0.2) is 29.0 Å². The Morgan fingerprint density at radius 3 is 2.62 bits per heavy atom. The molecule has 0 radical (unpaired) electrons. The van der Waals surface area contributed by atoms with E-state index in [4.69, 9.17) is 5.73 Å². The fourth-order valence-corrected chi connectivity index (χ4v) is 3.50. The SMILES string of the molecule is CCc1ccc(CC(N)Cc2ccsc2)s1. The van der Waals surface area contributed by atoms with Crippen molar-refractivity contribution in [1.29, 1.82) is 0 Å². The zero-order chi connectivity index (χ0) is 11.4. The standard InChI is InChI=1S/C13H17NS2/c1-2-12-3-4-13(16-12)8-11(14)7-10-5-6-15-9-10/h3-6,9,11H,2,7-8,14H2,1H3. The number of hydrogen-bond donors (Lipinski definition) is 1. The Kier molecular flexibility index (Phi) is 4.16. The average molecular weight is 251 g/mol. The van der Waals surface area contributed by atoms with Crippen LogP contribution in [-0.4, -0.2) is 6.04 Å². The minimum atomic E-state index is 0.248. The minimum Gasteiger partial charge on any atom is -0.327 e. The molecule has 2 aromatic rings. The van der Waals surface area contributed by atoms with Gasteiger partial charge in [0.15, 0.2) is 0 Å². The fourth-order valence-electron chi connectivity index (χ4n) is 1.76. The number of aryl methyl sites for hydroxylation is 1. The summed E-state index contributed by atoms with van der Waals surface area (Å²) in [4.78, 5) is 2.87. The first-order valence-electron chi connectivity index (χ1n) is 5.62. The van der Waals surface area contributed by atoms with Gasteiger partial charge in [-0.25, -0.2) is 0 Å². The highest BCUT2D eigenvalue weighted by Gasteiger charge is 2.07. The van der Waals surface area contributed by atoms with Gasteiger partial charge in [-0.1, -0.05) is 6.92 Å². The monoisotopic (exact) mass is 251 g/mol. The molecule has 2 heterocycles. The van der Waals surface area contributed by atoms with Crippen molar-refractivity contribution >= 4 is 22.7 Å². The molecule has 0 bridgehead atoms. The highest BCUT2D eigenvalue weighted by Crippen LogP contribution is 2.19. The van der Waals surface area contributed by atoms with E-state index in [1.54, 1.807) is 11.3 Å². The largest absolute Gasteiger partial charge is 0.327 e. The molecule has 2 N–H and O–H groups in total. The summed E-state index contributed by atoms with van der Waals surface area (Å²) in [6, 6.07) is 6.85.